The first-order valence-corrected chi connectivity index (χ1v) is 4.98. The Morgan fingerprint density at radius 2 is 2.00 bits per heavy atom. The van der Waals surface area contributed by atoms with E-state index in [1.807, 2.05) is 0 Å². The number of hydrogen-bond donors (Lipinski definition) is 0. The Balaban J connectivity index is 3.28. The van der Waals surface area contributed by atoms with Crippen LogP contribution < -0.4 is 0 Å². The van der Waals surface area contributed by atoms with Crippen LogP contribution in [0.2, 0.25) is 5.28 Å². The fraction of sp³-hybridized carbons (Fsp3) is 0. The second-order valence-electron chi connectivity index (χ2n) is 1.47. The van der Waals surface area contributed by atoms with E-state index in [9.17, 15) is 8.42 Å². The van der Waals surface area contributed by atoms with E-state index in [0.717, 1.165) is 6.33 Å². The molecule has 0 aromatic carbocycles. The molecule has 0 saturated heterocycles. The minimum absolute atomic E-state index is 0.209. The summed E-state index contributed by atoms with van der Waals surface area (Å²) in [5, 5.41) is -0.751. The molecule has 0 aliphatic rings. The molecule has 1 heterocycles. The molecule has 1 aromatic heterocycles. The highest BCUT2D eigenvalue weighted by Crippen LogP contribution is 2.08. The van der Waals surface area contributed by atoms with E-state index in [-0.39, 0.29) is 5.28 Å². The molecule has 1 rings (SSSR count). The first-order chi connectivity index (χ1) is 5.00. The summed E-state index contributed by atoms with van der Waals surface area (Å²) in [6, 6.07) is 0. The lowest BCUT2D eigenvalue weighted by atomic mass is 11.1. The summed E-state index contributed by atoms with van der Waals surface area (Å²) in [4.78, 5) is 9.93. The first-order valence-electron chi connectivity index (χ1n) is 2.29. The van der Waals surface area contributed by atoms with Crippen LogP contribution in [0.3, 0.4) is 0 Å². The Kier molecular flexibility index (Phi) is 2.26. The van der Waals surface area contributed by atoms with Crippen LogP contribution in [-0.4, -0.2) is 23.4 Å². The van der Waals surface area contributed by atoms with Crippen LogP contribution in [0.5, 0.6) is 0 Å². The minimum Gasteiger partial charge on any atom is -0.206 e. The first kappa shape index (κ1) is 8.63. The fourth-order valence-corrected chi connectivity index (χ4v) is 1.15. The molecule has 0 radical (unpaired) electrons. The molecule has 1 aromatic rings. The average Bonchev–Trinajstić information content (AvgIpc) is 1.86. The maximum atomic E-state index is 10.5. The normalized spacial score (nSPS) is 11.5. The lowest BCUT2D eigenvalue weighted by molar-refractivity contribution is 0.600. The minimum atomic E-state index is -3.90. The molecule has 0 fully saturated rings. The molecule has 0 spiro atoms. The number of nitrogens with zero attached hydrogens (tertiary/aromatic N) is 3. The molecule has 8 heteroatoms. The number of halogens is 2. The van der Waals surface area contributed by atoms with Gasteiger partial charge in [-0.15, -0.1) is 0 Å². The zero-order valence-corrected chi connectivity index (χ0v) is 7.23. The highest BCUT2D eigenvalue weighted by atomic mass is 35.7. The largest absolute Gasteiger partial charge is 0.296 e. The Morgan fingerprint density at radius 3 is 2.36 bits per heavy atom. The van der Waals surface area contributed by atoms with Crippen LogP contribution >= 0.6 is 22.3 Å². The van der Waals surface area contributed by atoms with Gasteiger partial charge in [-0.25, -0.2) is 18.4 Å². The summed E-state index contributed by atoms with van der Waals surface area (Å²) in [5.41, 5.74) is 0. The highest BCUT2D eigenvalue weighted by Gasteiger charge is 2.13. The van der Waals surface area contributed by atoms with Gasteiger partial charge in [0.2, 0.25) is 5.28 Å². The van der Waals surface area contributed by atoms with Crippen LogP contribution in [0, 0.1) is 0 Å². The number of hydrogen-bond acceptors (Lipinski definition) is 5. The lowest BCUT2D eigenvalue weighted by Gasteiger charge is -1.91. The molecular formula is C3HCl2N3O2S. The van der Waals surface area contributed by atoms with Gasteiger partial charge in [-0.3, -0.25) is 0 Å². The maximum Gasteiger partial charge on any atom is 0.296 e. The van der Waals surface area contributed by atoms with Crippen molar-refractivity contribution in [1.29, 1.82) is 0 Å². The van der Waals surface area contributed by atoms with Crippen molar-refractivity contribution >= 4 is 31.3 Å². The molecule has 0 bridgehead atoms. The van der Waals surface area contributed by atoms with E-state index in [1.54, 1.807) is 0 Å². The standard InChI is InChI=1S/C3HCl2N3O2S/c4-2-6-1-7-3(8-2)11(5,9)10/h1H. The van der Waals surface area contributed by atoms with Gasteiger partial charge >= 0.3 is 0 Å². The third kappa shape index (κ3) is 2.25. The van der Waals surface area contributed by atoms with Gasteiger partial charge in [0.25, 0.3) is 14.2 Å². The van der Waals surface area contributed by atoms with Gasteiger partial charge in [0.05, 0.1) is 0 Å². The summed E-state index contributed by atoms with van der Waals surface area (Å²) in [5.74, 6) is 0. The molecule has 0 amide bonds. The van der Waals surface area contributed by atoms with Crippen molar-refractivity contribution in [2.75, 3.05) is 0 Å². The van der Waals surface area contributed by atoms with E-state index < -0.39 is 14.2 Å². The molecule has 60 valence electrons. The molecular weight excluding hydrogens is 213 g/mol. The lowest BCUT2D eigenvalue weighted by Crippen LogP contribution is -1.99. The van der Waals surface area contributed by atoms with Crippen LogP contribution in [0.4, 0.5) is 0 Å². The summed E-state index contributed by atoms with van der Waals surface area (Å²) in [7, 11) is 0.992. The van der Waals surface area contributed by atoms with Crippen molar-refractivity contribution in [3.05, 3.63) is 11.6 Å². The van der Waals surface area contributed by atoms with Crippen molar-refractivity contribution in [3.63, 3.8) is 0 Å². The molecule has 0 atom stereocenters. The Labute approximate surface area is 71.8 Å². The Hall–Kier alpha value is -0.460. The van der Waals surface area contributed by atoms with E-state index in [1.165, 1.54) is 0 Å². The molecule has 11 heavy (non-hydrogen) atoms. The van der Waals surface area contributed by atoms with Crippen LogP contribution in [0.1, 0.15) is 0 Å². The van der Waals surface area contributed by atoms with Crippen LogP contribution in [0.25, 0.3) is 0 Å². The molecule has 0 unspecified atom stereocenters. The van der Waals surface area contributed by atoms with Crippen molar-refractivity contribution in [2.24, 2.45) is 0 Å². The van der Waals surface area contributed by atoms with Crippen molar-refractivity contribution in [2.45, 2.75) is 5.16 Å². The smallest absolute Gasteiger partial charge is 0.206 e. The van der Waals surface area contributed by atoms with E-state index in [4.69, 9.17) is 22.3 Å². The summed E-state index contributed by atoms with van der Waals surface area (Å²) >= 11 is 5.27. The Morgan fingerprint density at radius 1 is 1.36 bits per heavy atom. The number of rotatable bonds is 1. The molecule has 0 aliphatic heterocycles. The van der Waals surface area contributed by atoms with Crippen molar-refractivity contribution < 1.29 is 8.42 Å². The monoisotopic (exact) mass is 213 g/mol. The second kappa shape index (κ2) is 2.88. The SMILES string of the molecule is O=S(=O)(Cl)c1ncnc(Cl)n1. The quantitative estimate of drug-likeness (QED) is 0.634. The van der Waals surface area contributed by atoms with Gasteiger partial charge in [0, 0.05) is 10.7 Å². The van der Waals surface area contributed by atoms with Crippen LogP contribution in [-0.2, 0) is 9.05 Å². The average molecular weight is 214 g/mol. The highest BCUT2D eigenvalue weighted by molar-refractivity contribution is 8.13. The third-order valence-corrected chi connectivity index (χ3v) is 1.97. The summed E-state index contributed by atoms with van der Waals surface area (Å²) in [6.45, 7) is 0. The zero-order valence-electron chi connectivity index (χ0n) is 4.90. The number of aromatic nitrogens is 3. The Bertz CT molecular complexity index is 365. The van der Waals surface area contributed by atoms with Gasteiger partial charge in [-0.05, 0) is 11.6 Å². The third-order valence-electron chi connectivity index (χ3n) is 0.738. The summed E-state index contributed by atoms with van der Waals surface area (Å²) < 4.78 is 21.1. The van der Waals surface area contributed by atoms with Crippen molar-refractivity contribution in [1.82, 2.24) is 15.0 Å². The molecule has 0 N–H and O–H groups in total. The molecule has 0 saturated carbocycles. The van der Waals surface area contributed by atoms with Crippen molar-refractivity contribution in [3.8, 4) is 0 Å². The van der Waals surface area contributed by atoms with Crippen LogP contribution in [0.15, 0.2) is 11.5 Å². The van der Waals surface area contributed by atoms with Gasteiger partial charge in [0.15, 0.2) is 0 Å². The predicted octanol–water partition coefficient (Wildman–Crippen LogP) is 0.452. The zero-order chi connectivity index (χ0) is 8.48. The second-order valence-corrected chi connectivity index (χ2v) is 4.27. The van der Waals surface area contributed by atoms with Gasteiger partial charge < -0.3 is 0 Å². The molecule has 5 nitrogen and oxygen atoms in total. The van der Waals surface area contributed by atoms with E-state index in [2.05, 4.69) is 15.0 Å². The summed E-state index contributed by atoms with van der Waals surface area (Å²) in [6.07, 6.45) is 0.963. The van der Waals surface area contributed by atoms with Gasteiger partial charge in [-0.1, -0.05) is 0 Å². The maximum absolute atomic E-state index is 10.5. The topological polar surface area (TPSA) is 72.8 Å². The fourth-order valence-electron chi connectivity index (χ4n) is 0.380. The predicted molar refractivity (Wildman–Crippen MR) is 37.9 cm³/mol. The van der Waals surface area contributed by atoms with Gasteiger partial charge in [0.1, 0.15) is 6.33 Å². The van der Waals surface area contributed by atoms with E-state index in [0.29, 0.717) is 0 Å². The van der Waals surface area contributed by atoms with Gasteiger partial charge in [-0.2, -0.15) is 4.98 Å². The van der Waals surface area contributed by atoms with E-state index >= 15 is 0 Å². The molecule has 0 aliphatic carbocycles.